The molecule has 0 saturated heterocycles. The van der Waals surface area contributed by atoms with E-state index in [2.05, 4.69) is 10.3 Å². The van der Waals surface area contributed by atoms with Gasteiger partial charge in [0.15, 0.2) is 16.6 Å². The number of anilines is 3. The first-order valence-corrected chi connectivity index (χ1v) is 10.9. The van der Waals surface area contributed by atoms with Crippen molar-refractivity contribution >= 4 is 45.7 Å². The fourth-order valence-electron chi connectivity index (χ4n) is 3.17. The summed E-state index contributed by atoms with van der Waals surface area (Å²) in [5, 5.41) is 4.47. The van der Waals surface area contributed by atoms with Crippen LogP contribution in [0.25, 0.3) is 6.08 Å². The Kier molecular flexibility index (Phi) is 6.55. The number of thiazole rings is 1. The molecule has 1 N–H and O–H groups in total. The van der Waals surface area contributed by atoms with Gasteiger partial charge in [-0.1, -0.05) is 6.07 Å². The topological polar surface area (TPSA) is 80.8 Å². The maximum Gasteiger partial charge on any atom is 0.416 e. The van der Waals surface area contributed by atoms with Gasteiger partial charge >= 0.3 is 6.18 Å². The first kappa shape index (κ1) is 23.3. The van der Waals surface area contributed by atoms with Gasteiger partial charge in [0.05, 0.1) is 16.9 Å². The van der Waals surface area contributed by atoms with E-state index in [9.17, 15) is 22.8 Å². The summed E-state index contributed by atoms with van der Waals surface area (Å²) in [6, 6.07) is 9.47. The molecule has 2 amide bonds. The number of hydrogen-bond acceptors (Lipinski definition) is 6. The van der Waals surface area contributed by atoms with Crippen molar-refractivity contribution in [2.24, 2.45) is 0 Å². The fourth-order valence-corrected chi connectivity index (χ4v) is 4.02. The average Bonchev–Trinajstić information content (AvgIpc) is 3.25. The Labute approximate surface area is 196 Å². The number of aromatic nitrogens is 1. The van der Waals surface area contributed by atoms with Gasteiger partial charge in [0.2, 0.25) is 11.8 Å². The van der Waals surface area contributed by atoms with Crippen LogP contribution in [0.1, 0.15) is 18.2 Å². The summed E-state index contributed by atoms with van der Waals surface area (Å²) in [6.07, 6.45) is -1.84. The monoisotopic (exact) mass is 489 g/mol. The smallest absolute Gasteiger partial charge is 0.416 e. The van der Waals surface area contributed by atoms with E-state index in [1.54, 1.807) is 23.6 Å². The molecule has 0 atom stereocenters. The minimum atomic E-state index is -4.54. The molecule has 0 fully saturated rings. The number of carbonyl (C=O) groups is 2. The van der Waals surface area contributed by atoms with Gasteiger partial charge in [-0.05, 0) is 36.4 Å². The molecule has 1 aromatic heterocycles. The second-order valence-corrected chi connectivity index (χ2v) is 7.98. The highest BCUT2D eigenvalue weighted by atomic mass is 32.1. The molecule has 0 unspecified atom stereocenters. The zero-order valence-corrected chi connectivity index (χ0v) is 18.6. The van der Waals surface area contributed by atoms with Crippen LogP contribution in [-0.2, 0) is 15.8 Å². The van der Waals surface area contributed by atoms with Gasteiger partial charge in [-0.2, -0.15) is 13.2 Å². The molecule has 2 aromatic carbocycles. The third-order valence-corrected chi connectivity index (χ3v) is 5.51. The molecule has 0 radical (unpaired) electrons. The molecule has 176 valence electrons. The zero-order valence-electron chi connectivity index (χ0n) is 17.8. The van der Waals surface area contributed by atoms with Gasteiger partial charge in [-0.25, -0.2) is 4.98 Å². The van der Waals surface area contributed by atoms with Crippen molar-refractivity contribution in [3.05, 3.63) is 65.2 Å². The number of benzene rings is 2. The van der Waals surface area contributed by atoms with Crippen molar-refractivity contribution in [3.63, 3.8) is 0 Å². The largest absolute Gasteiger partial charge is 0.486 e. The first-order valence-electron chi connectivity index (χ1n) is 10.0. The Hall–Kier alpha value is -3.86. The lowest BCUT2D eigenvalue weighted by Gasteiger charge is -2.19. The molecule has 0 spiro atoms. The maximum atomic E-state index is 13.1. The SMILES string of the molecule is CC(=O)N(c1cccc(C(F)(F)F)c1)c1nc(/C=C/C(=O)Nc2ccc3c(c2)OCCO3)cs1. The quantitative estimate of drug-likeness (QED) is 0.494. The molecule has 2 heterocycles. The first-order chi connectivity index (χ1) is 16.2. The molecule has 11 heteroatoms. The number of rotatable bonds is 5. The normalized spacial score (nSPS) is 13.1. The zero-order chi connectivity index (χ0) is 24.3. The molecule has 0 aliphatic carbocycles. The van der Waals surface area contributed by atoms with Gasteiger partial charge in [0, 0.05) is 30.1 Å². The minimum Gasteiger partial charge on any atom is -0.486 e. The van der Waals surface area contributed by atoms with Gasteiger partial charge in [-0.15, -0.1) is 11.3 Å². The van der Waals surface area contributed by atoms with Crippen LogP contribution >= 0.6 is 11.3 Å². The predicted molar refractivity (Wildman–Crippen MR) is 121 cm³/mol. The molecule has 0 saturated carbocycles. The summed E-state index contributed by atoms with van der Waals surface area (Å²) in [4.78, 5) is 29.9. The van der Waals surface area contributed by atoms with Crippen molar-refractivity contribution in [2.75, 3.05) is 23.4 Å². The van der Waals surface area contributed by atoms with Crippen molar-refractivity contribution in [1.29, 1.82) is 0 Å². The molecule has 4 rings (SSSR count). The van der Waals surface area contributed by atoms with E-state index in [4.69, 9.17) is 9.47 Å². The summed E-state index contributed by atoms with van der Waals surface area (Å²) in [7, 11) is 0. The minimum absolute atomic E-state index is 0.0450. The van der Waals surface area contributed by atoms with Crippen molar-refractivity contribution < 1.29 is 32.2 Å². The lowest BCUT2D eigenvalue weighted by molar-refractivity contribution is -0.137. The number of nitrogens with zero attached hydrogens (tertiary/aromatic N) is 2. The molecule has 1 aliphatic heterocycles. The van der Waals surface area contributed by atoms with Crippen LogP contribution in [0.4, 0.5) is 29.7 Å². The van der Waals surface area contributed by atoms with Crippen LogP contribution in [0.2, 0.25) is 0 Å². The van der Waals surface area contributed by atoms with Crippen LogP contribution in [-0.4, -0.2) is 30.0 Å². The lowest BCUT2D eigenvalue weighted by Crippen LogP contribution is -2.23. The number of fused-ring (bicyclic) bond motifs is 1. The summed E-state index contributed by atoms with van der Waals surface area (Å²) in [5.41, 5.74) is 0.0630. The van der Waals surface area contributed by atoms with Crippen LogP contribution in [0, 0.1) is 0 Å². The summed E-state index contributed by atoms with van der Waals surface area (Å²) < 4.78 is 50.2. The van der Waals surface area contributed by atoms with Crippen LogP contribution < -0.4 is 19.7 Å². The van der Waals surface area contributed by atoms with Gasteiger partial charge in [0.25, 0.3) is 0 Å². The third-order valence-electron chi connectivity index (χ3n) is 4.66. The van der Waals surface area contributed by atoms with E-state index < -0.39 is 23.6 Å². The van der Waals surface area contributed by atoms with E-state index >= 15 is 0 Å². The Bertz CT molecular complexity index is 1260. The number of amides is 2. The van der Waals surface area contributed by atoms with E-state index in [0.29, 0.717) is 36.1 Å². The molecule has 7 nitrogen and oxygen atoms in total. The summed E-state index contributed by atoms with van der Waals surface area (Å²) in [6.45, 7) is 2.12. The van der Waals surface area contributed by atoms with Crippen molar-refractivity contribution in [2.45, 2.75) is 13.1 Å². The van der Waals surface area contributed by atoms with E-state index in [-0.39, 0.29) is 10.8 Å². The number of hydrogen-bond donors (Lipinski definition) is 1. The lowest BCUT2D eigenvalue weighted by atomic mass is 10.2. The number of halogens is 3. The predicted octanol–water partition coefficient (Wildman–Crippen LogP) is 5.27. The van der Waals surface area contributed by atoms with E-state index in [1.165, 1.54) is 31.2 Å². The molecule has 1 aliphatic rings. The Balaban J connectivity index is 1.47. The summed E-state index contributed by atoms with van der Waals surface area (Å²) >= 11 is 1.06. The third kappa shape index (κ3) is 5.37. The highest BCUT2D eigenvalue weighted by Crippen LogP contribution is 2.35. The maximum absolute atomic E-state index is 13.1. The molecule has 34 heavy (non-hydrogen) atoms. The number of nitrogens with one attached hydrogen (secondary N) is 1. The van der Waals surface area contributed by atoms with E-state index in [0.717, 1.165) is 28.4 Å². The molecule has 0 bridgehead atoms. The van der Waals surface area contributed by atoms with E-state index in [1.807, 2.05) is 0 Å². The second-order valence-electron chi connectivity index (χ2n) is 7.14. The molecule has 3 aromatic rings. The Morgan fingerprint density at radius 1 is 1.12 bits per heavy atom. The van der Waals surface area contributed by atoms with Gasteiger partial charge in [0.1, 0.15) is 13.2 Å². The highest BCUT2D eigenvalue weighted by Gasteiger charge is 2.31. The second kappa shape index (κ2) is 9.56. The van der Waals surface area contributed by atoms with Crippen molar-refractivity contribution in [1.82, 2.24) is 4.98 Å². The van der Waals surface area contributed by atoms with Crippen LogP contribution in [0.15, 0.2) is 53.9 Å². The van der Waals surface area contributed by atoms with Crippen LogP contribution in [0.3, 0.4) is 0 Å². The number of carbonyl (C=O) groups excluding carboxylic acids is 2. The number of ether oxygens (including phenoxy) is 2. The van der Waals surface area contributed by atoms with Gasteiger partial charge < -0.3 is 14.8 Å². The van der Waals surface area contributed by atoms with Crippen molar-refractivity contribution in [3.8, 4) is 11.5 Å². The Morgan fingerprint density at radius 2 is 1.88 bits per heavy atom. The Morgan fingerprint density at radius 3 is 2.62 bits per heavy atom. The average molecular weight is 489 g/mol. The summed E-state index contributed by atoms with van der Waals surface area (Å²) in [5.74, 6) is 0.217. The highest BCUT2D eigenvalue weighted by molar-refractivity contribution is 7.14. The molecular weight excluding hydrogens is 471 g/mol. The molecular formula is C23H18F3N3O4S. The standard InChI is InChI=1S/C23H18F3N3O4S/c1-14(30)29(18-4-2-3-15(11-18)23(24,25)26)22-28-17(13-34-22)6-8-21(31)27-16-5-7-19-20(12-16)33-10-9-32-19/h2-8,11-13H,9-10H2,1H3,(H,27,31)/b8-6+. The van der Waals surface area contributed by atoms with Gasteiger partial charge in [-0.3, -0.25) is 14.5 Å². The fraction of sp³-hybridized carbons (Fsp3) is 0.174. The number of alkyl halides is 3. The van der Waals surface area contributed by atoms with Crippen LogP contribution in [0.5, 0.6) is 11.5 Å².